The fourth-order valence-corrected chi connectivity index (χ4v) is 3.62. The summed E-state index contributed by atoms with van der Waals surface area (Å²) in [5.41, 5.74) is -0.664. The lowest BCUT2D eigenvalue weighted by Crippen LogP contribution is -2.49. The highest BCUT2D eigenvalue weighted by molar-refractivity contribution is 5.95. The molecule has 0 atom stereocenters. The quantitative estimate of drug-likeness (QED) is 0.900. The minimum absolute atomic E-state index is 0.0886. The minimum Gasteiger partial charge on any atom is -0.465 e. The van der Waals surface area contributed by atoms with E-state index in [9.17, 15) is 9.90 Å². The number of amides is 1. The van der Waals surface area contributed by atoms with Gasteiger partial charge in [0, 0.05) is 58.4 Å². The summed E-state index contributed by atoms with van der Waals surface area (Å²) in [6.07, 6.45) is 4.14. The number of carbonyl (C=O) groups is 1. The summed E-state index contributed by atoms with van der Waals surface area (Å²) in [5, 5.41) is 10.9. The molecule has 0 saturated carbocycles. The minimum atomic E-state index is -1.12. The molecule has 7 heteroatoms. The third kappa shape index (κ3) is 3.20. The molecule has 2 aliphatic rings. The SMILES string of the molecule is O=C(c1ccoc1C1(O)CCOCC1)N1CCN(c2ccccn2)CC1. The van der Waals surface area contributed by atoms with Crippen LogP contribution in [0.5, 0.6) is 0 Å². The number of hydrogen-bond donors (Lipinski definition) is 1. The fraction of sp³-hybridized carbons (Fsp3) is 0.474. The van der Waals surface area contributed by atoms with Crippen molar-refractivity contribution in [2.24, 2.45) is 0 Å². The van der Waals surface area contributed by atoms with Crippen LogP contribution in [-0.4, -0.2) is 60.3 Å². The molecule has 0 aliphatic carbocycles. The molecule has 2 aliphatic heterocycles. The first-order chi connectivity index (χ1) is 12.7. The molecule has 2 aromatic heterocycles. The number of rotatable bonds is 3. The maximum absolute atomic E-state index is 13.0. The van der Waals surface area contributed by atoms with Gasteiger partial charge in [-0.25, -0.2) is 4.98 Å². The van der Waals surface area contributed by atoms with E-state index in [1.165, 1.54) is 6.26 Å². The standard InChI is InChI=1S/C19H23N3O4/c23-18(15-4-12-26-17(15)19(24)5-13-25-14-6-19)22-10-8-21(9-11-22)16-3-1-2-7-20-16/h1-4,7,12,24H,5-6,8-11,13-14H2. The molecule has 7 nitrogen and oxygen atoms in total. The van der Waals surface area contributed by atoms with Gasteiger partial charge in [-0.3, -0.25) is 4.79 Å². The first-order valence-corrected chi connectivity index (χ1v) is 9.01. The molecule has 0 unspecified atom stereocenters. The molecule has 4 rings (SSSR count). The average Bonchev–Trinajstić information content (AvgIpc) is 3.20. The lowest BCUT2D eigenvalue weighted by atomic mass is 9.89. The van der Waals surface area contributed by atoms with E-state index in [0.717, 1.165) is 18.9 Å². The van der Waals surface area contributed by atoms with Crippen LogP contribution in [0.4, 0.5) is 5.82 Å². The molecule has 1 amide bonds. The van der Waals surface area contributed by atoms with E-state index in [1.54, 1.807) is 12.3 Å². The van der Waals surface area contributed by atoms with Crippen LogP contribution in [-0.2, 0) is 10.3 Å². The Bertz CT molecular complexity index is 747. The zero-order chi connectivity index (χ0) is 18.0. The largest absolute Gasteiger partial charge is 0.465 e. The molecular weight excluding hydrogens is 334 g/mol. The van der Waals surface area contributed by atoms with Crippen LogP contribution in [0.15, 0.2) is 41.1 Å². The van der Waals surface area contributed by atoms with Crippen LogP contribution in [0.1, 0.15) is 29.0 Å². The van der Waals surface area contributed by atoms with Crippen molar-refractivity contribution in [3.63, 3.8) is 0 Å². The Morgan fingerprint density at radius 1 is 1.12 bits per heavy atom. The van der Waals surface area contributed by atoms with Gasteiger partial charge in [-0.15, -0.1) is 0 Å². The van der Waals surface area contributed by atoms with Crippen LogP contribution < -0.4 is 4.90 Å². The van der Waals surface area contributed by atoms with Gasteiger partial charge in [0.25, 0.3) is 5.91 Å². The Labute approximate surface area is 152 Å². The van der Waals surface area contributed by atoms with E-state index in [2.05, 4.69) is 9.88 Å². The van der Waals surface area contributed by atoms with E-state index in [0.29, 0.717) is 50.5 Å². The molecule has 26 heavy (non-hydrogen) atoms. The van der Waals surface area contributed by atoms with Gasteiger partial charge in [0.2, 0.25) is 0 Å². The zero-order valence-electron chi connectivity index (χ0n) is 14.6. The Morgan fingerprint density at radius 2 is 1.88 bits per heavy atom. The van der Waals surface area contributed by atoms with Crippen molar-refractivity contribution in [1.29, 1.82) is 0 Å². The summed E-state index contributed by atoms with van der Waals surface area (Å²) in [6.45, 7) is 3.62. The lowest BCUT2D eigenvalue weighted by Gasteiger charge is -2.36. The normalized spacial score (nSPS) is 20.2. The molecule has 1 N–H and O–H groups in total. The molecule has 0 aromatic carbocycles. The topological polar surface area (TPSA) is 79.0 Å². The summed E-state index contributed by atoms with van der Waals surface area (Å²) in [7, 11) is 0. The fourth-order valence-electron chi connectivity index (χ4n) is 3.62. The highest BCUT2D eigenvalue weighted by atomic mass is 16.5. The number of carbonyl (C=O) groups excluding carboxylic acids is 1. The van der Waals surface area contributed by atoms with Gasteiger partial charge in [-0.2, -0.15) is 0 Å². The number of hydrogen-bond acceptors (Lipinski definition) is 6. The Kier molecular flexibility index (Phi) is 4.65. The third-order valence-corrected chi connectivity index (χ3v) is 5.18. The van der Waals surface area contributed by atoms with Crippen molar-refractivity contribution >= 4 is 11.7 Å². The number of pyridine rings is 1. The van der Waals surface area contributed by atoms with Gasteiger partial charge >= 0.3 is 0 Å². The molecule has 4 heterocycles. The summed E-state index contributed by atoms with van der Waals surface area (Å²) < 4.78 is 10.9. The van der Waals surface area contributed by atoms with Crippen molar-refractivity contribution in [3.8, 4) is 0 Å². The molecule has 0 radical (unpaired) electrons. The van der Waals surface area contributed by atoms with E-state index in [1.807, 2.05) is 23.1 Å². The van der Waals surface area contributed by atoms with Crippen molar-refractivity contribution in [2.45, 2.75) is 18.4 Å². The molecule has 0 spiro atoms. The predicted octanol–water partition coefficient (Wildman–Crippen LogP) is 1.64. The number of furan rings is 1. The van der Waals surface area contributed by atoms with E-state index in [-0.39, 0.29) is 5.91 Å². The maximum Gasteiger partial charge on any atom is 0.257 e. The van der Waals surface area contributed by atoms with Crippen LogP contribution in [0.3, 0.4) is 0 Å². The smallest absolute Gasteiger partial charge is 0.257 e. The molecular formula is C19H23N3O4. The Hall–Kier alpha value is -2.38. The number of piperazine rings is 1. The number of anilines is 1. The second kappa shape index (κ2) is 7.09. The predicted molar refractivity (Wildman–Crippen MR) is 95.0 cm³/mol. The molecule has 138 valence electrons. The van der Waals surface area contributed by atoms with Gasteiger partial charge < -0.3 is 24.1 Å². The highest BCUT2D eigenvalue weighted by Gasteiger charge is 2.39. The second-order valence-electron chi connectivity index (χ2n) is 6.77. The summed E-state index contributed by atoms with van der Waals surface area (Å²) >= 11 is 0. The number of nitrogens with zero attached hydrogens (tertiary/aromatic N) is 3. The number of ether oxygens (including phenoxy) is 1. The van der Waals surface area contributed by atoms with Crippen molar-refractivity contribution < 1.29 is 19.1 Å². The summed E-state index contributed by atoms with van der Waals surface area (Å²) in [5.74, 6) is 1.22. The van der Waals surface area contributed by atoms with Gasteiger partial charge in [0.15, 0.2) is 0 Å². The van der Waals surface area contributed by atoms with Crippen molar-refractivity contribution in [3.05, 3.63) is 48.0 Å². The first kappa shape index (κ1) is 17.1. The summed E-state index contributed by atoms with van der Waals surface area (Å²) in [6, 6.07) is 7.50. The third-order valence-electron chi connectivity index (χ3n) is 5.18. The van der Waals surface area contributed by atoms with Gasteiger partial charge in [-0.1, -0.05) is 6.07 Å². The average molecular weight is 357 g/mol. The molecule has 0 bridgehead atoms. The van der Waals surface area contributed by atoms with Crippen LogP contribution >= 0.6 is 0 Å². The highest BCUT2D eigenvalue weighted by Crippen LogP contribution is 2.35. The maximum atomic E-state index is 13.0. The number of aliphatic hydroxyl groups is 1. The molecule has 2 aromatic rings. The van der Waals surface area contributed by atoms with Gasteiger partial charge in [0.1, 0.15) is 17.2 Å². The van der Waals surface area contributed by atoms with E-state index >= 15 is 0 Å². The first-order valence-electron chi connectivity index (χ1n) is 9.01. The Morgan fingerprint density at radius 3 is 2.58 bits per heavy atom. The van der Waals surface area contributed by atoms with Crippen molar-refractivity contribution in [2.75, 3.05) is 44.3 Å². The van der Waals surface area contributed by atoms with E-state index in [4.69, 9.17) is 9.15 Å². The van der Waals surface area contributed by atoms with Crippen LogP contribution in [0, 0.1) is 0 Å². The van der Waals surface area contributed by atoms with Gasteiger partial charge in [0.05, 0.1) is 11.8 Å². The monoisotopic (exact) mass is 357 g/mol. The van der Waals surface area contributed by atoms with Crippen LogP contribution in [0.25, 0.3) is 0 Å². The molecule has 2 saturated heterocycles. The second-order valence-corrected chi connectivity index (χ2v) is 6.77. The number of aromatic nitrogens is 1. The summed E-state index contributed by atoms with van der Waals surface area (Å²) in [4.78, 5) is 21.4. The lowest BCUT2D eigenvalue weighted by molar-refractivity contribution is -0.0805. The van der Waals surface area contributed by atoms with Crippen LogP contribution in [0.2, 0.25) is 0 Å². The van der Waals surface area contributed by atoms with Crippen molar-refractivity contribution in [1.82, 2.24) is 9.88 Å². The Balaban J connectivity index is 1.46. The molecule has 2 fully saturated rings. The van der Waals surface area contributed by atoms with Gasteiger partial charge in [-0.05, 0) is 18.2 Å². The van der Waals surface area contributed by atoms with E-state index < -0.39 is 5.60 Å². The zero-order valence-corrected chi connectivity index (χ0v) is 14.6.